The van der Waals surface area contributed by atoms with Crippen molar-refractivity contribution >= 4 is 5.96 Å². The molecule has 0 saturated heterocycles. The molecular weight excluding hydrogens is 283 g/mol. The number of nitrogens with two attached hydrogens (primary N) is 1. The number of hydrogen-bond donors (Lipinski definition) is 2. The SMILES string of the molecule is CC(CN=C(N)NC1CCOc2ccccc21)C(F)(F)F. The number of halogens is 3. The monoisotopic (exact) mass is 301 g/mol. The summed E-state index contributed by atoms with van der Waals surface area (Å²) in [5.41, 5.74) is 6.62. The zero-order valence-corrected chi connectivity index (χ0v) is 11.7. The van der Waals surface area contributed by atoms with Crippen LogP contribution in [0.25, 0.3) is 0 Å². The third kappa shape index (κ3) is 4.03. The van der Waals surface area contributed by atoms with Gasteiger partial charge in [0.25, 0.3) is 0 Å². The third-order valence-electron chi connectivity index (χ3n) is 3.37. The molecule has 0 aliphatic carbocycles. The maximum Gasteiger partial charge on any atom is 0.393 e. The van der Waals surface area contributed by atoms with Crippen LogP contribution in [0.3, 0.4) is 0 Å². The van der Waals surface area contributed by atoms with E-state index in [4.69, 9.17) is 10.5 Å². The Morgan fingerprint density at radius 2 is 2.19 bits per heavy atom. The second-order valence-corrected chi connectivity index (χ2v) is 5.04. The molecule has 7 heteroatoms. The minimum Gasteiger partial charge on any atom is -0.493 e. The number of guanidine groups is 1. The molecule has 4 nitrogen and oxygen atoms in total. The smallest absolute Gasteiger partial charge is 0.393 e. The summed E-state index contributed by atoms with van der Waals surface area (Å²) in [5, 5.41) is 2.96. The Hall–Kier alpha value is -1.92. The van der Waals surface area contributed by atoms with Gasteiger partial charge in [-0.1, -0.05) is 25.1 Å². The zero-order chi connectivity index (χ0) is 15.5. The Morgan fingerprint density at radius 3 is 2.90 bits per heavy atom. The van der Waals surface area contributed by atoms with E-state index in [0.717, 1.165) is 18.2 Å². The van der Waals surface area contributed by atoms with E-state index in [1.54, 1.807) is 0 Å². The molecule has 0 bridgehead atoms. The fourth-order valence-electron chi connectivity index (χ4n) is 2.05. The number of nitrogens with zero attached hydrogens (tertiary/aromatic N) is 1. The number of fused-ring (bicyclic) bond motifs is 1. The molecule has 2 rings (SSSR count). The highest BCUT2D eigenvalue weighted by molar-refractivity contribution is 5.78. The summed E-state index contributed by atoms with van der Waals surface area (Å²) < 4.78 is 42.7. The Labute approximate surface area is 121 Å². The van der Waals surface area contributed by atoms with Crippen molar-refractivity contribution in [2.75, 3.05) is 13.2 Å². The molecule has 1 aromatic rings. The van der Waals surface area contributed by atoms with Crippen LogP contribution in [0.2, 0.25) is 0 Å². The molecule has 21 heavy (non-hydrogen) atoms. The lowest BCUT2D eigenvalue weighted by atomic mass is 10.0. The van der Waals surface area contributed by atoms with Crippen molar-refractivity contribution in [3.8, 4) is 5.75 Å². The van der Waals surface area contributed by atoms with E-state index >= 15 is 0 Å². The molecule has 0 radical (unpaired) electrons. The third-order valence-corrected chi connectivity index (χ3v) is 3.37. The van der Waals surface area contributed by atoms with Crippen LogP contribution in [0.1, 0.15) is 24.9 Å². The van der Waals surface area contributed by atoms with Gasteiger partial charge in [-0.2, -0.15) is 13.2 Å². The van der Waals surface area contributed by atoms with Crippen LogP contribution < -0.4 is 15.8 Å². The van der Waals surface area contributed by atoms with Gasteiger partial charge in [-0.05, 0) is 6.07 Å². The lowest BCUT2D eigenvalue weighted by Gasteiger charge is -2.27. The van der Waals surface area contributed by atoms with Gasteiger partial charge in [0.15, 0.2) is 5.96 Å². The first-order valence-electron chi connectivity index (χ1n) is 6.73. The average molecular weight is 301 g/mol. The van der Waals surface area contributed by atoms with Crippen molar-refractivity contribution in [1.29, 1.82) is 0 Å². The van der Waals surface area contributed by atoms with Crippen LogP contribution in [-0.2, 0) is 0 Å². The first-order chi connectivity index (χ1) is 9.88. The molecule has 3 N–H and O–H groups in total. The van der Waals surface area contributed by atoms with Crippen molar-refractivity contribution in [2.45, 2.75) is 25.6 Å². The molecule has 1 aromatic carbocycles. The first kappa shape index (κ1) is 15.5. The van der Waals surface area contributed by atoms with Crippen molar-refractivity contribution in [3.05, 3.63) is 29.8 Å². The highest BCUT2D eigenvalue weighted by Gasteiger charge is 2.35. The van der Waals surface area contributed by atoms with Gasteiger partial charge in [-0.3, -0.25) is 4.99 Å². The highest BCUT2D eigenvalue weighted by atomic mass is 19.4. The van der Waals surface area contributed by atoms with Gasteiger partial charge in [0.05, 0.1) is 25.1 Å². The maximum absolute atomic E-state index is 12.4. The number of hydrogen-bond acceptors (Lipinski definition) is 2. The van der Waals surface area contributed by atoms with E-state index in [2.05, 4.69) is 10.3 Å². The molecule has 2 unspecified atom stereocenters. The van der Waals surface area contributed by atoms with Crippen LogP contribution >= 0.6 is 0 Å². The van der Waals surface area contributed by atoms with Gasteiger partial charge >= 0.3 is 6.18 Å². The lowest BCUT2D eigenvalue weighted by Crippen LogP contribution is -2.38. The normalized spacial score (nSPS) is 20.4. The van der Waals surface area contributed by atoms with Crippen molar-refractivity contribution in [3.63, 3.8) is 0 Å². The van der Waals surface area contributed by atoms with E-state index in [-0.39, 0.29) is 18.5 Å². The van der Waals surface area contributed by atoms with Crippen molar-refractivity contribution in [2.24, 2.45) is 16.6 Å². The largest absolute Gasteiger partial charge is 0.493 e. The molecule has 0 fully saturated rings. The lowest BCUT2D eigenvalue weighted by molar-refractivity contribution is -0.166. The van der Waals surface area contributed by atoms with E-state index in [1.165, 1.54) is 0 Å². The first-order valence-corrected chi connectivity index (χ1v) is 6.73. The van der Waals surface area contributed by atoms with E-state index in [1.807, 2.05) is 24.3 Å². The number of aliphatic imine (C=N–C) groups is 1. The van der Waals surface area contributed by atoms with Gasteiger partial charge in [0.1, 0.15) is 5.75 Å². The predicted molar refractivity (Wildman–Crippen MR) is 74.1 cm³/mol. The summed E-state index contributed by atoms with van der Waals surface area (Å²) in [6, 6.07) is 7.39. The fraction of sp³-hybridized carbons (Fsp3) is 0.500. The quantitative estimate of drug-likeness (QED) is 0.666. The number of alkyl halides is 3. The van der Waals surface area contributed by atoms with Crippen LogP contribution in [0.5, 0.6) is 5.75 Å². The number of benzene rings is 1. The predicted octanol–water partition coefficient (Wildman–Crippen LogP) is 2.61. The molecule has 2 atom stereocenters. The van der Waals surface area contributed by atoms with E-state index < -0.39 is 12.1 Å². The minimum absolute atomic E-state index is 0.0211. The number of ether oxygens (including phenoxy) is 1. The molecule has 116 valence electrons. The van der Waals surface area contributed by atoms with Gasteiger partial charge in [0.2, 0.25) is 0 Å². The minimum atomic E-state index is -4.25. The Kier molecular flexibility index (Phi) is 4.59. The maximum atomic E-state index is 12.4. The number of nitrogens with one attached hydrogen (secondary N) is 1. The second-order valence-electron chi connectivity index (χ2n) is 5.04. The molecule has 0 saturated carbocycles. The molecular formula is C14H18F3N3O. The van der Waals surface area contributed by atoms with Crippen LogP contribution in [0, 0.1) is 5.92 Å². The molecule has 1 aliphatic rings. The van der Waals surface area contributed by atoms with Gasteiger partial charge < -0.3 is 15.8 Å². The van der Waals surface area contributed by atoms with Crippen LogP contribution in [-0.4, -0.2) is 25.3 Å². The molecule has 0 spiro atoms. The fourth-order valence-corrected chi connectivity index (χ4v) is 2.05. The van der Waals surface area contributed by atoms with Gasteiger partial charge in [-0.15, -0.1) is 0 Å². The summed E-state index contributed by atoms with van der Waals surface area (Å²) in [7, 11) is 0. The molecule has 0 aromatic heterocycles. The molecule has 0 amide bonds. The van der Waals surface area contributed by atoms with Crippen molar-refractivity contribution in [1.82, 2.24) is 5.32 Å². The Balaban J connectivity index is 1.99. The van der Waals surface area contributed by atoms with Gasteiger partial charge in [0, 0.05) is 12.0 Å². The Bertz CT molecular complexity index is 516. The standard InChI is InChI=1S/C14H18F3N3O/c1-9(14(15,16)17)8-19-13(18)20-11-6-7-21-12-5-3-2-4-10(11)12/h2-5,9,11H,6-8H2,1H3,(H3,18,19,20). The summed E-state index contributed by atoms with van der Waals surface area (Å²) in [4.78, 5) is 3.78. The van der Waals surface area contributed by atoms with E-state index in [0.29, 0.717) is 13.0 Å². The topological polar surface area (TPSA) is 59.6 Å². The van der Waals surface area contributed by atoms with Gasteiger partial charge in [-0.25, -0.2) is 0 Å². The average Bonchev–Trinajstić information content (AvgIpc) is 2.44. The molecule has 1 heterocycles. The second kappa shape index (κ2) is 6.24. The zero-order valence-electron chi connectivity index (χ0n) is 11.7. The highest BCUT2D eigenvalue weighted by Crippen LogP contribution is 2.31. The van der Waals surface area contributed by atoms with Crippen LogP contribution in [0.15, 0.2) is 29.3 Å². The summed E-state index contributed by atoms with van der Waals surface area (Å²) >= 11 is 0. The molecule has 1 aliphatic heterocycles. The number of para-hydroxylation sites is 1. The van der Waals surface area contributed by atoms with Crippen molar-refractivity contribution < 1.29 is 17.9 Å². The number of rotatable bonds is 3. The summed E-state index contributed by atoms with van der Waals surface area (Å²) in [5.74, 6) is -0.731. The van der Waals surface area contributed by atoms with E-state index in [9.17, 15) is 13.2 Å². The van der Waals surface area contributed by atoms with Crippen LogP contribution in [0.4, 0.5) is 13.2 Å². The Morgan fingerprint density at radius 1 is 1.48 bits per heavy atom. The summed E-state index contributed by atoms with van der Waals surface area (Å²) in [6.45, 7) is 1.23. The summed E-state index contributed by atoms with van der Waals surface area (Å²) in [6.07, 6.45) is -3.57.